The molecule has 0 amide bonds. The molecular weight excluding hydrogens is 431 g/mol. The molecule has 3 aromatic rings. The van der Waals surface area contributed by atoms with E-state index in [2.05, 4.69) is 21.1 Å². The number of hydrogen-bond acceptors (Lipinski definition) is 2. The highest BCUT2D eigenvalue weighted by molar-refractivity contribution is 9.10. The minimum atomic E-state index is -1.30. The minimum Gasteiger partial charge on any atom is -0.411 e. The predicted octanol–water partition coefficient (Wildman–Crippen LogP) is 6.36. The maximum atomic E-state index is 15.0. The third-order valence-electron chi connectivity index (χ3n) is 4.87. The number of halogens is 4. The fraction of sp³-hybridized carbons (Fsp3) is 0.136. The number of nitrogens with zero attached hydrogens (tertiary/aromatic N) is 1. The maximum Gasteiger partial charge on any atom is 0.163 e. The molecule has 0 bridgehead atoms. The molecule has 1 N–H and O–H groups in total. The van der Waals surface area contributed by atoms with Gasteiger partial charge in [0.25, 0.3) is 0 Å². The zero-order valence-corrected chi connectivity index (χ0v) is 16.6. The summed E-state index contributed by atoms with van der Waals surface area (Å²) in [6, 6.07) is 15.8. The normalized spacial score (nSPS) is 13.6. The van der Waals surface area contributed by atoms with Crippen molar-refractivity contribution < 1.29 is 18.4 Å². The maximum absolute atomic E-state index is 15.0. The number of rotatable bonds is 5. The second-order valence-corrected chi connectivity index (χ2v) is 7.39. The molecule has 0 radical (unpaired) electrons. The van der Waals surface area contributed by atoms with E-state index >= 15 is 4.39 Å². The third-order valence-corrected chi connectivity index (χ3v) is 5.40. The average molecular weight is 448 g/mol. The summed E-state index contributed by atoms with van der Waals surface area (Å²) in [4.78, 5) is 0. The second-order valence-electron chi connectivity index (χ2n) is 6.48. The first kappa shape index (κ1) is 20.1. The van der Waals surface area contributed by atoms with Crippen molar-refractivity contribution in [1.29, 1.82) is 0 Å². The van der Waals surface area contributed by atoms with Crippen molar-refractivity contribution in [2.24, 2.45) is 5.16 Å². The first-order valence-electron chi connectivity index (χ1n) is 8.53. The summed E-state index contributed by atoms with van der Waals surface area (Å²) in [5, 5.41) is 12.2. The van der Waals surface area contributed by atoms with E-state index in [9.17, 15) is 8.78 Å². The van der Waals surface area contributed by atoms with Gasteiger partial charge in [-0.05, 0) is 41.8 Å². The fourth-order valence-electron chi connectivity index (χ4n) is 3.62. The van der Waals surface area contributed by atoms with Crippen molar-refractivity contribution in [2.75, 3.05) is 0 Å². The highest BCUT2D eigenvalue weighted by Crippen LogP contribution is 2.45. The van der Waals surface area contributed by atoms with Gasteiger partial charge in [-0.3, -0.25) is 0 Å². The molecule has 1 unspecified atom stereocenters. The topological polar surface area (TPSA) is 32.6 Å². The molecule has 28 heavy (non-hydrogen) atoms. The number of oxime groups is 1. The zero-order valence-electron chi connectivity index (χ0n) is 15.0. The number of aryl methyl sites for hydroxylation is 1. The van der Waals surface area contributed by atoms with Crippen LogP contribution in [0.5, 0.6) is 0 Å². The van der Waals surface area contributed by atoms with Crippen LogP contribution in [0.4, 0.5) is 13.2 Å². The molecular formula is C22H17BrF3NO. The van der Waals surface area contributed by atoms with E-state index in [4.69, 9.17) is 5.21 Å². The van der Waals surface area contributed by atoms with E-state index in [1.165, 1.54) is 6.21 Å². The second kappa shape index (κ2) is 8.19. The van der Waals surface area contributed by atoms with Gasteiger partial charge in [0.05, 0.1) is 5.41 Å². The van der Waals surface area contributed by atoms with Gasteiger partial charge in [0.1, 0.15) is 5.82 Å². The molecule has 3 rings (SSSR count). The monoisotopic (exact) mass is 447 g/mol. The zero-order chi connectivity index (χ0) is 20.3. The van der Waals surface area contributed by atoms with E-state index < -0.39 is 22.9 Å². The van der Waals surface area contributed by atoms with E-state index in [-0.39, 0.29) is 12.0 Å². The molecule has 144 valence electrons. The molecule has 0 saturated heterocycles. The van der Waals surface area contributed by atoms with Crippen LogP contribution in [0, 0.1) is 24.4 Å². The summed E-state index contributed by atoms with van der Waals surface area (Å²) < 4.78 is 44.2. The highest BCUT2D eigenvalue weighted by Gasteiger charge is 2.40. The lowest BCUT2D eigenvalue weighted by atomic mass is 9.66. The van der Waals surface area contributed by atoms with Crippen LogP contribution in [0.2, 0.25) is 0 Å². The summed E-state index contributed by atoms with van der Waals surface area (Å²) in [5.74, 6) is -3.30. The van der Waals surface area contributed by atoms with Crippen LogP contribution in [0.1, 0.15) is 28.7 Å². The fourth-order valence-corrected chi connectivity index (χ4v) is 3.89. The molecule has 0 spiro atoms. The van der Waals surface area contributed by atoms with Crippen LogP contribution in [0.15, 0.2) is 70.3 Å². The van der Waals surface area contributed by atoms with Crippen LogP contribution in [0.3, 0.4) is 0 Å². The van der Waals surface area contributed by atoms with E-state index in [0.29, 0.717) is 17.2 Å². The smallest absolute Gasteiger partial charge is 0.163 e. The molecule has 0 aliphatic carbocycles. The van der Waals surface area contributed by atoms with E-state index in [0.717, 1.165) is 16.1 Å². The SMILES string of the molecule is Cc1ccccc1C(C/C=N/O)(c1ccc(Br)cc1)c1cc(F)cc(F)c1F. The molecule has 0 aromatic heterocycles. The van der Waals surface area contributed by atoms with Gasteiger partial charge in [0, 0.05) is 28.7 Å². The quantitative estimate of drug-likeness (QED) is 0.159. The largest absolute Gasteiger partial charge is 0.411 e. The van der Waals surface area contributed by atoms with Gasteiger partial charge in [0.2, 0.25) is 0 Å². The summed E-state index contributed by atoms with van der Waals surface area (Å²) in [6.45, 7) is 1.84. The Morgan fingerprint density at radius 1 is 1.00 bits per heavy atom. The summed E-state index contributed by atoms with van der Waals surface area (Å²) >= 11 is 3.37. The standard InChI is InChI=1S/C22H17BrF3NO/c1-14-4-2-3-5-18(14)22(10-11-27-28,15-6-8-16(23)9-7-15)19-12-17(24)13-20(25)21(19)26/h2-9,11-13,28H,10H2,1H3/b27-11+. The first-order chi connectivity index (χ1) is 13.4. The Hall–Kier alpha value is -2.60. The number of hydrogen-bond donors (Lipinski definition) is 1. The van der Waals surface area contributed by atoms with Gasteiger partial charge in [-0.25, -0.2) is 13.2 Å². The Labute approximate surface area is 169 Å². The summed E-state index contributed by atoms with van der Waals surface area (Å²) in [7, 11) is 0. The van der Waals surface area contributed by atoms with Crippen LogP contribution in [-0.2, 0) is 5.41 Å². The van der Waals surface area contributed by atoms with E-state index in [1.54, 1.807) is 36.4 Å². The number of benzene rings is 3. The highest BCUT2D eigenvalue weighted by atomic mass is 79.9. The van der Waals surface area contributed by atoms with Crippen LogP contribution < -0.4 is 0 Å². The predicted molar refractivity (Wildman–Crippen MR) is 106 cm³/mol. The van der Waals surface area contributed by atoms with Crippen molar-refractivity contribution in [3.63, 3.8) is 0 Å². The molecule has 0 aliphatic rings. The molecule has 6 heteroatoms. The first-order valence-corrected chi connectivity index (χ1v) is 9.32. The molecule has 0 heterocycles. The lowest BCUT2D eigenvalue weighted by Crippen LogP contribution is -2.32. The third kappa shape index (κ3) is 3.56. The Morgan fingerprint density at radius 3 is 2.32 bits per heavy atom. The van der Waals surface area contributed by atoms with Crippen molar-refractivity contribution in [3.8, 4) is 0 Å². The molecule has 1 atom stereocenters. The van der Waals surface area contributed by atoms with Crippen molar-refractivity contribution in [1.82, 2.24) is 0 Å². The van der Waals surface area contributed by atoms with Gasteiger partial charge < -0.3 is 5.21 Å². The molecule has 3 aromatic carbocycles. The lowest BCUT2D eigenvalue weighted by Gasteiger charge is -2.36. The average Bonchev–Trinajstić information content (AvgIpc) is 2.68. The summed E-state index contributed by atoms with van der Waals surface area (Å²) in [5.41, 5.74) is 0.600. The minimum absolute atomic E-state index is 0.00417. The van der Waals surface area contributed by atoms with Crippen molar-refractivity contribution >= 4 is 22.1 Å². The Morgan fingerprint density at radius 2 is 1.68 bits per heavy atom. The van der Waals surface area contributed by atoms with Crippen molar-refractivity contribution in [3.05, 3.63) is 105 Å². The van der Waals surface area contributed by atoms with Gasteiger partial charge >= 0.3 is 0 Å². The van der Waals surface area contributed by atoms with E-state index in [1.807, 2.05) is 19.1 Å². The van der Waals surface area contributed by atoms with Crippen LogP contribution in [-0.4, -0.2) is 11.4 Å². The van der Waals surface area contributed by atoms with Crippen LogP contribution >= 0.6 is 15.9 Å². The lowest BCUT2D eigenvalue weighted by molar-refractivity contribution is 0.319. The van der Waals surface area contributed by atoms with Crippen LogP contribution in [0.25, 0.3) is 0 Å². The summed E-state index contributed by atoms with van der Waals surface area (Å²) in [6.07, 6.45) is 1.20. The van der Waals surface area contributed by atoms with Gasteiger partial charge in [-0.15, -0.1) is 5.16 Å². The molecule has 0 aliphatic heterocycles. The molecule has 0 fully saturated rings. The van der Waals surface area contributed by atoms with Gasteiger partial charge in [-0.2, -0.15) is 0 Å². The Kier molecular flexibility index (Phi) is 5.89. The van der Waals surface area contributed by atoms with Crippen molar-refractivity contribution in [2.45, 2.75) is 18.8 Å². The Balaban J connectivity index is 2.47. The van der Waals surface area contributed by atoms with Gasteiger partial charge in [0.15, 0.2) is 11.6 Å². The van der Waals surface area contributed by atoms with Gasteiger partial charge in [-0.1, -0.05) is 52.3 Å². The Bertz CT molecular complexity index is 1020. The molecule has 0 saturated carbocycles. The molecule has 2 nitrogen and oxygen atoms in total.